The highest BCUT2D eigenvalue weighted by molar-refractivity contribution is 9.10. The highest BCUT2D eigenvalue weighted by Gasteiger charge is 2.23. The van der Waals surface area contributed by atoms with Crippen LogP contribution < -0.4 is 4.72 Å². The third-order valence-corrected chi connectivity index (χ3v) is 5.23. The average Bonchev–Trinajstić information content (AvgIpc) is 2.36. The summed E-state index contributed by atoms with van der Waals surface area (Å²) in [5.74, 6) is -2.03. The number of sulfonamides is 1. The van der Waals surface area contributed by atoms with Crippen LogP contribution in [0.15, 0.2) is 45.8 Å². The van der Waals surface area contributed by atoms with Crippen LogP contribution in [0.1, 0.15) is 5.56 Å². The lowest BCUT2D eigenvalue weighted by Gasteiger charge is -2.10. The van der Waals surface area contributed by atoms with Crippen molar-refractivity contribution in [2.24, 2.45) is 0 Å². The molecule has 0 amide bonds. The molecular weight excluding hydrogens is 388 g/mol. The van der Waals surface area contributed by atoms with Gasteiger partial charge in [-0.15, -0.1) is 0 Å². The fourth-order valence-electron chi connectivity index (χ4n) is 1.64. The summed E-state index contributed by atoms with van der Waals surface area (Å²) in [6, 6.07) is 7.91. The van der Waals surface area contributed by atoms with E-state index in [4.69, 9.17) is 11.6 Å². The van der Waals surface area contributed by atoms with Crippen LogP contribution in [0.5, 0.6) is 0 Å². The Bertz CT molecular complexity index is 743. The topological polar surface area (TPSA) is 46.2 Å². The van der Waals surface area contributed by atoms with Gasteiger partial charge in [0, 0.05) is 22.1 Å². The fraction of sp³-hybridized carbons (Fsp3) is 0.0769. The largest absolute Gasteiger partial charge is 0.244 e. The second kappa shape index (κ2) is 6.39. The summed E-state index contributed by atoms with van der Waals surface area (Å²) < 4.78 is 52.9. The molecule has 0 radical (unpaired) electrons. The maximum atomic E-state index is 13.7. The van der Waals surface area contributed by atoms with E-state index >= 15 is 0 Å². The van der Waals surface area contributed by atoms with Crippen molar-refractivity contribution in [1.82, 2.24) is 4.72 Å². The standard InChI is InChI=1S/C13H9BrClF2NO2S/c14-11-5-10(16)6-12(17)13(11)21(19,20)18-7-8-1-3-9(15)4-2-8/h1-6,18H,7H2. The predicted octanol–water partition coefficient (Wildman–Crippen LogP) is 3.86. The van der Waals surface area contributed by atoms with Gasteiger partial charge in [-0.05, 0) is 39.7 Å². The van der Waals surface area contributed by atoms with Crippen molar-refractivity contribution in [1.29, 1.82) is 0 Å². The number of benzene rings is 2. The van der Waals surface area contributed by atoms with Crippen molar-refractivity contribution in [2.45, 2.75) is 11.4 Å². The molecule has 0 aliphatic carbocycles. The quantitative estimate of drug-likeness (QED) is 0.853. The van der Waals surface area contributed by atoms with E-state index in [0.717, 1.165) is 6.07 Å². The van der Waals surface area contributed by atoms with Gasteiger partial charge in [-0.3, -0.25) is 0 Å². The van der Waals surface area contributed by atoms with E-state index in [9.17, 15) is 17.2 Å². The fourth-order valence-corrected chi connectivity index (χ4v) is 3.94. The summed E-state index contributed by atoms with van der Waals surface area (Å²) >= 11 is 8.58. The maximum absolute atomic E-state index is 13.7. The second-order valence-corrected chi connectivity index (χ2v) is 7.14. The molecule has 0 fully saturated rings. The number of nitrogens with one attached hydrogen (secondary N) is 1. The molecule has 21 heavy (non-hydrogen) atoms. The van der Waals surface area contributed by atoms with Crippen LogP contribution in [0.25, 0.3) is 0 Å². The number of hydrogen-bond acceptors (Lipinski definition) is 2. The van der Waals surface area contributed by atoms with Gasteiger partial charge in [-0.2, -0.15) is 0 Å². The summed E-state index contributed by atoms with van der Waals surface area (Å²) in [5, 5.41) is 0.522. The minimum Gasteiger partial charge on any atom is -0.207 e. The molecule has 1 N–H and O–H groups in total. The van der Waals surface area contributed by atoms with Gasteiger partial charge in [-0.1, -0.05) is 23.7 Å². The van der Waals surface area contributed by atoms with Crippen molar-refractivity contribution in [3.8, 4) is 0 Å². The van der Waals surface area contributed by atoms with Gasteiger partial charge in [0.15, 0.2) is 0 Å². The number of rotatable bonds is 4. The van der Waals surface area contributed by atoms with Gasteiger partial charge >= 0.3 is 0 Å². The molecule has 0 atom stereocenters. The van der Waals surface area contributed by atoms with Crippen molar-refractivity contribution >= 4 is 37.6 Å². The van der Waals surface area contributed by atoms with Crippen LogP contribution in [0, 0.1) is 11.6 Å². The first kappa shape index (κ1) is 16.4. The van der Waals surface area contributed by atoms with Crippen LogP contribution >= 0.6 is 27.5 Å². The Kier molecular flexibility index (Phi) is 4.98. The van der Waals surface area contributed by atoms with E-state index in [1.54, 1.807) is 24.3 Å². The highest BCUT2D eigenvalue weighted by atomic mass is 79.9. The predicted molar refractivity (Wildman–Crippen MR) is 79.5 cm³/mol. The Labute approximate surface area is 134 Å². The molecule has 2 aromatic rings. The van der Waals surface area contributed by atoms with E-state index in [1.165, 1.54) is 0 Å². The molecular formula is C13H9BrClF2NO2S. The molecule has 8 heteroatoms. The van der Waals surface area contributed by atoms with Crippen LogP contribution in [-0.2, 0) is 16.6 Å². The third-order valence-electron chi connectivity index (χ3n) is 2.61. The van der Waals surface area contributed by atoms with Gasteiger partial charge in [-0.25, -0.2) is 21.9 Å². The molecule has 0 bridgehead atoms. The molecule has 0 aliphatic heterocycles. The second-order valence-electron chi connectivity index (χ2n) is 4.15. The lowest BCUT2D eigenvalue weighted by molar-refractivity contribution is 0.540. The zero-order chi connectivity index (χ0) is 15.6. The molecule has 0 spiro atoms. The monoisotopic (exact) mass is 395 g/mol. The van der Waals surface area contributed by atoms with E-state index < -0.39 is 26.6 Å². The first-order valence-corrected chi connectivity index (χ1v) is 8.33. The molecule has 2 rings (SSSR count). The molecule has 2 aromatic carbocycles. The molecule has 0 aromatic heterocycles. The lowest BCUT2D eigenvalue weighted by atomic mass is 10.2. The first-order chi connectivity index (χ1) is 9.79. The first-order valence-electron chi connectivity index (χ1n) is 5.68. The minimum atomic E-state index is -4.12. The Hall–Kier alpha value is -1.02. The maximum Gasteiger partial charge on any atom is 0.244 e. The van der Waals surface area contributed by atoms with E-state index in [2.05, 4.69) is 20.7 Å². The molecule has 0 aliphatic rings. The van der Waals surface area contributed by atoms with Crippen LogP contribution in [-0.4, -0.2) is 8.42 Å². The number of halogens is 4. The summed E-state index contributed by atoms with van der Waals surface area (Å²) in [4.78, 5) is -0.627. The van der Waals surface area contributed by atoms with Crippen LogP contribution in [0.4, 0.5) is 8.78 Å². The van der Waals surface area contributed by atoms with E-state index in [0.29, 0.717) is 16.7 Å². The van der Waals surface area contributed by atoms with Crippen molar-refractivity contribution < 1.29 is 17.2 Å². The molecule has 0 heterocycles. The number of hydrogen-bond donors (Lipinski definition) is 1. The molecule has 0 unspecified atom stereocenters. The van der Waals surface area contributed by atoms with Crippen molar-refractivity contribution in [3.63, 3.8) is 0 Å². The van der Waals surface area contributed by atoms with Gasteiger partial charge in [0.25, 0.3) is 0 Å². The summed E-state index contributed by atoms with van der Waals surface area (Å²) in [7, 11) is -4.12. The lowest BCUT2D eigenvalue weighted by Crippen LogP contribution is -2.24. The van der Waals surface area contributed by atoms with Gasteiger partial charge in [0.05, 0.1) is 0 Å². The SMILES string of the molecule is O=S(=O)(NCc1ccc(Cl)cc1)c1c(F)cc(F)cc1Br. The third kappa shape index (κ3) is 4.00. The summed E-state index contributed by atoms with van der Waals surface area (Å²) in [6.45, 7) is -0.0389. The minimum absolute atomic E-state index is 0.0389. The Morgan fingerprint density at radius 3 is 2.33 bits per heavy atom. The molecule has 3 nitrogen and oxygen atoms in total. The van der Waals surface area contributed by atoms with E-state index in [1.807, 2.05) is 0 Å². The smallest absolute Gasteiger partial charge is 0.207 e. The highest BCUT2D eigenvalue weighted by Crippen LogP contribution is 2.26. The molecule has 0 saturated carbocycles. The Morgan fingerprint density at radius 1 is 1.14 bits per heavy atom. The Morgan fingerprint density at radius 2 is 1.76 bits per heavy atom. The van der Waals surface area contributed by atoms with Crippen LogP contribution in [0.2, 0.25) is 5.02 Å². The van der Waals surface area contributed by atoms with Gasteiger partial charge < -0.3 is 0 Å². The van der Waals surface area contributed by atoms with Crippen molar-refractivity contribution in [3.05, 3.63) is 63.1 Å². The van der Waals surface area contributed by atoms with Crippen LogP contribution in [0.3, 0.4) is 0 Å². The zero-order valence-electron chi connectivity index (χ0n) is 10.4. The van der Waals surface area contributed by atoms with Gasteiger partial charge in [0.1, 0.15) is 16.5 Å². The normalized spacial score (nSPS) is 11.6. The summed E-state index contributed by atoms with van der Waals surface area (Å²) in [5.41, 5.74) is 0.654. The molecule has 112 valence electrons. The van der Waals surface area contributed by atoms with E-state index in [-0.39, 0.29) is 11.0 Å². The van der Waals surface area contributed by atoms with Crippen molar-refractivity contribution in [2.75, 3.05) is 0 Å². The Balaban J connectivity index is 2.25. The zero-order valence-corrected chi connectivity index (χ0v) is 13.6. The average molecular weight is 397 g/mol. The molecule has 0 saturated heterocycles. The van der Waals surface area contributed by atoms with Gasteiger partial charge in [0.2, 0.25) is 10.0 Å². The summed E-state index contributed by atoms with van der Waals surface area (Å²) in [6.07, 6.45) is 0.